The molecule has 0 amide bonds. The van der Waals surface area contributed by atoms with E-state index in [1.54, 1.807) is 11.1 Å². The minimum absolute atomic E-state index is 0. The molecule has 2 rings (SSSR count). The van der Waals surface area contributed by atoms with Crippen LogP contribution in [0.1, 0.15) is 39.8 Å². The van der Waals surface area contributed by atoms with Crippen molar-refractivity contribution in [2.45, 2.75) is 47.5 Å². The average molecular weight is 380 g/mol. The van der Waals surface area contributed by atoms with Crippen LogP contribution < -0.4 is 37.2 Å². The van der Waals surface area contributed by atoms with Crippen LogP contribution in [0.2, 0.25) is 0 Å². The molecule has 0 unspecified atom stereocenters. The maximum Gasteiger partial charge on any atom is -1.00 e. The van der Waals surface area contributed by atoms with Gasteiger partial charge in [-0.1, -0.05) is 0 Å². The fourth-order valence-corrected chi connectivity index (χ4v) is 3.25. The molecule has 0 N–H and O–H groups in total. The summed E-state index contributed by atoms with van der Waals surface area (Å²) in [6, 6.07) is 0. The van der Waals surface area contributed by atoms with Crippen LogP contribution >= 0.6 is 0 Å². The molecule has 0 nitrogen and oxygen atoms in total. The number of halogens is 3. The molecular weight excluding hydrogens is 358 g/mol. The molecule has 114 valence electrons. The summed E-state index contributed by atoms with van der Waals surface area (Å²) in [7, 11) is 0. The third kappa shape index (κ3) is 4.63. The van der Waals surface area contributed by atoms with E-state index in [4.69, 9.17) is 0 Å². The van der Waals surface area contributed by atoms with Crippen molar-refractivity contribution in [2.24, 2.45) is 0 Å². The van der Waals surface area contributed by atoms with Crippen LogP contribution in [0.5, 0.6) is 0 Å². The molecule has 0 radical (unpaired) electrons. The van der Waals surface area contributed by atoms with Crippen LogP contribution in [-0.4, -0.2) is 0 Å². The average Bonchev–Trinajstić information content (AvgIpc) is 2.75. The summed E-state index contributed by atoms with van der Waals surface area (Å²) in [6.07, 6.45) is 6.80. The van der Waals surface area contributed by atoms with Crippen LogP contribution in [0.15, 0.2) is 21.6 Å². The van der Waals surface area contributed by atoms with Gasteiger partial charge in [0.25, 0.3) is 0 Å². The number of rotatable bonds is 2. The normalized spacial score (nSPS) is 12.7. The van der Waals surface area contributed by atoms with Crippen LogP contribution in [0, 0.1) is 34.6 Å². The third-order valence-electron chi connectivity index (χ3n) is 4.58. The van der Waals surface area contributed by atoms with E-state index in [9.17, 15) is 0 Å². The second-order valence-electron chi connectivity index (χ2n) is 5.40. The van der Waals surface area contributed by atoms with Gasteiger partial charge in [-0.15, -0.1) is 0 Å². The first-order valence-electron chi connectivity index (χ1n) is 6.59. The van der Waals surface area contributed by atoms with E-state index < -0.39 is 0 Å². The Kier molecular flexibility index (Phi) is 10.6. The van der Waals surface area contributed by atoms with E-state index in [2.05, 4.69) is 67.2 Å². The Labute approximate surface area is 159 Å². The van der Waals surface area contributed by atoms with Crippen molar-refractivity contribution in [3.63, 3.8) is 0 Å². The van der Waals surface area contributed by atoms with Crippen molar-refractivity contribution >= 4 is 0 Å². The fraction of sp³-hybridized carbons (Fsp3) is 0.412. The zero-order chi connectivity index (χ0) is 13.4. The molecule has 4 heteroatoms. The van der Waals surface area contributed by atoms with E-state index in [0.717, 1.165) is 12.8 Å². The Morgan fingerprint density at radius 1 is 0.810 bits per heavy atom. The third-order valence-corrected chi connectivity index (χ3v) is 5.39. The van der Waals surface area contributed by atoms with Crippen molar-refractivity contribution in [1.82, 2.24) is 0 Å². The van der Waals surface area contributed by atoms with E-state index in [0.29, 0.717) is 0 Å². The van der Waals surface area contributed by atoms with Crippen molar-refractivity contribution in [3.05, 3.63) is 55.0 Å². The minimum atomic E-state index is 0. The van der Waals surface area contributed by atoms with Gasteiger partial charge in [-0.05, 0) is 0 Å². The quantitative estimate of drug-likeness (QED) is 0.455. The Morgan fingerprint density at radius 3 is 1.62 bits per heavy atom. The van der Waals surface area contributed by atoms with Crippen LogP contribution in [0.25, 0.3) is 0 Å². The van der Waals surface area contributed by atoms with Gasteiger partial charge in [-0.2, -0.15) is 0 Å². The Balaban J connectivity index is 0. The molecule has 1 aromatic rings. The Morgan fingerprint density at radius 2 is 1.24 bits per heavy atom. The van der Waals surface area contributed by atoms with E-state index in [1.165, 1.54) is 31.7 Å². The molecule has 0 aromatic heterocycles. The summed E-state index contributed by atoms with van der Waals surface area (Å²) in [6.45, 7) is 11.3. The molecule has 0 spiro atoms. The van der Waals surface area contributed by atoms with Gasteiger partial charge in [0, 0.05) is 0 Å². The molecule has 1 aliphatic rings. The van der Waals surface area contributed by atoms with Gasteiger partial charge in [0.2, 0.25) is 0 Å². The maximum atomic E-state index is 2.28. The summed E-state index contributed by atoms with van der Waals surface area (Å²) in [5.74, 6) is 0. The Bertz CT molecular complexity index is 543. The first kappa shape index (κ1) is 23.5. The second kappa shape index (κ2) is 9.43. The van der Waals surface area contributed by atoms with Gasteiger partial charge in [-0.25, -0.2) is 0 Å². The minimum Gasteiger partial charge on any atom is -1.00 e. The summed E-state index contributed by atoms with van der Waals surface area (Å²) in [4.78, 5) is 0. The molecule has 0 heterocycles. The van der Waals surface area contributed by atoms with E-state index in [-0.39, 0.29) is 37.2 Å². The van der Waals surface area contributed by atoms with Gasteiger partial charge in [0.05, 0.1) is 0 Å². The number of hydrogen-bond acceptors (Lipinski definition) is 0. The maximum absolute atomic E-state index is 2.28. The molecule has 0 atom stereocenters. The molecule has 1 aliphatic carbocycles. The van der Waals surface area contributed by atoms with Crippen LogP contribution in [0.4, 0.5) is 0 Å². The Hall–Kier alpha value is 0.284. The molecule has 0 bridgehead atoms. The summed E-state index contributed by atoms with van der Waals surface area (Å²) in [5, 5.41) is 0. The molecular formula is C17H21Cl3Ti. The van der Waals surface area contributed by atoms with Crippen molar-refractivity contribution < 1.29 is 57.7 Å². The SMILES string of the molecule is Cc1c(C)c(C)c(CC2=[C]([Ti+3])C=CC2)c(C)c1C.[Cl-].[Cl-].[Cl-]. The second-order valence-corrected chi connectivity index (χ2v) is 6.25. The van der Waals surface area contributed by atoms with Crippen molar-refractivity contribution in [2.75, 3.05) is 0 Å². The molecule has 0 fully saturated rings. The van der Waals surface area contributed by atoms with E-state index >= 15 is 0 Å². The molecule has 0 saturated carbocycles. The standard InChI is InChI=1S/C17H21.3ClH.Ti/c1-11-12(2)14(4)17(15(5)13(11)3)10-16-8-6-7-9-16;;;;/h6-7H,8,10H2,1-5H3;3*1H;/q;;;;+3/p-3. The van der Waals surface area contributed by atoms with E-state index in [1.807, 2.05) is 0 Å². The van der Waals surface area contributed by atoms with Gasteiger partial charge in [0.15, 0.2) is 0 Å². The largest absolute Gasteiger partial charge is 1.00 e. The van der Waals surface area contributed by atoms with Crippen LogP contribution in [-0.2, 0) is 26.9 Å². The van der Waals surface area contributed by atoms with Crippen molar-refractivity contribution in [3.8, 4) is 0 Å². The molecule has 21 heavy (non-hydrogen) atoms. The van der Waals surface area contributed by atoms with Gasteiger partial charge < -0.3 is 37.2 Å². The number of hydrogen-bond donors (Lipinski definition) is 0. The van der Waals surface area contributed by atoms with Gasteiger partial charge in [-0.3, -0.25) is 0 Å². The van der Waals surface area contributed by atoms with Gasteiger partial charge >= 0.3 is 123 Å². The topological polar surface area (TPSA) is 0 Å². The summed E-state index contributed by atoms with van der Waals surface area (Å²) in [5.41, 5.74) is 10.5. The predicted molar refractivity (Wildman–Crippen MR) is 74.6 cm³/mol. The molecule has 0 aliphatic heterocycles. The van der Waals surface area contributed by atoms with Crippen LogP contribution in [0.3, 0.4) is 0 Å². The zero-order valence-corrected chi connectivity index (χ0v) is 17.0. The smallest absolute Gasteiger partial charge is 1.00 e. The zero-order valence-electron chi connectivity index (χ0n) is 13.2. The molecule has 0 saturated heterocycles. The van der Waals surface area contributed by atoms with Crippen molar-refractivity contribution in [1.29, 1.82) is 0 Å². The number of benzene rings is 1. The van der Waals surface area contributed by atoms with Gasteiger partial charge in [0.1, 0.15) is 0 Å². The predicted octanol–water partition coefficient (Wildman–Crippen LogP) is -4.46. The first-order valence-corrected chi connectivity index (χ1v) is 7.37. The molecule has 1 aromatic carbocycles. The monoisotopic (exact) mass is 378 g/mol. The summed E-state index contributed by atoms with van der Waals surface area (Å²) >= 11 is 2.23. The fourth-order valence-electron chi connectivity index (χ4n) is 2.77. The number of allylic oxidation sites excluding steroid dienone is 4. The summed E-state index contributed by atoms with van der Waals surface area (Å²) < 4.78 is 1.46. The first-order chi connectivity index (χ1) is 8.43.